The molecule has 0 saturated carbocycles. The fraction of sp³-hybridized carbons (Fsp3) is 0.273. The van der Waals surface area contributed by atoms with Gasteiger partial charge in [-0.1, -0.05) is 6.07 Å². The lowest BCUT2D eigenvalue weighted by atomic mass is 9.85. The standard InChI is InChI=1S/C22H20F4N4O.ClH/c1-30-21(5-7-28-30)14-9-18(25)15(10-17(14)24)22(31)29-20-11-27-6-4-13(20)12-2-3-16(23)19(26)8-12;/h2-3,5,7-10,13,20,27H,4,6,11H2,1H3,(H,29,31);1H/t13-,20+;/m0./s1. The second kappa shape index (κ2) is 9.70. The topological polar surface area (TPSA) is 59.0 Å². The van der Waals surface area contributed by atoms with Crippen LogP contribution in [0.1, 0.15) is 28.3 Å². The number of hydrogen-bond acceptors (Lipinski definition) is 3. The van der Waals surface area contributed by atoms with Crippen molar-refractivity contribution in [2.24, 2.45) is 7.05 Å². The van der Waals surface area contributed by atoms with Crippen molar-refractivity contribution in [3.05, 3.63) is 77.0 Å². The quantitative estimate of drug-likeness (QED) is 0.570. The highest BCUT2D eigenvalue weighted by molar-refractivity contribution is 5.95. The minimum Gasteiger partial charge on any atom is -0.347 e. The van der Waals surface area contributed by atoms with E-state index in [0.29, 0.717) is 30.8 Å². The normalized spacial score (nSPS) is 18.2. The Morgan fingerprint density at radius 2 is 1.84 bits per heavy atom. The Morgan fingerprint density at radius 1 is 1.06 bits per heavy atom. The molecule has 1 aliphatic heterocycles. The summed E-state index contributed by atoms with van der Waals surface area (Å²) in [5.41, 5.74) is 0.466. The van der Waals surface area contributed by atoms with Crippen LogP contribution in [0.4, 0.5) is 17.6 Å². The molecule has 10 heteroatoms. The average molecular weight is 469 g/mol. The van der Waals surface area contributed by atoms with Crippen molar-refractivity contribution in [1.82, 2.24) is 20.4 Å². The summed E-state index contributed by atoms with van der Waals surface area (Å²) in [7, 11) is 1.60. The summed E-state index contributed by atoms with van der Waals surface area (Å²) in [5.74, 6) is -4.64. The third-order valence-electron chi connectivity index (χ3n) is 5.57. The number of benzene rings is 2. The maximum Gasteiger partial charge on any atom is 0.254 e. The zero-order chi connectivity index (χ0) is 22.1. The Kier molecular flexibility index (Phi) is 7.20. The van der Waals surface area contributed by atoms with E-state index < -0.39 is 40.8 Å². The molecular formula is C22H21ClF4N4O. The first-order valence-corrected chi connectivity index (χ1v) is 9.79. The van der Waals surface area contributed by atoms with E-state index in [1.165, 1.54) is 23.0 Å². The van der Waals surface area contributed by atoms with Crippen LogP contribution in [0, 0.1) is 23.3 Å². The van der Waals surface area contributed by atoms with Gasteiger partial charge in [0.25, 0.3) is 5.91 Å². The lowest BCUT2D eigenvalue weighted by molar-refractivity contribution is 0.0920. The first kappa shape index (κ1) is 23.7. The van der Waals surface area contributed by atoms with Crippen LogP contribution < -0.4 is 10.6 Å². The van der Waals surface area contributed by atoms with Gasteiger partial charge in [-0.25, -0.2) is 17.6 Å². The van der Waals surface area contributed by atoms with Crippen LogP contribution >= 0.6 is 12.4 Å². The van der Waals surface area contributed by atoms with Gasteiger partial charge in [0.2, 0.25) is 0 Å². The van der Waals surface area contributed by atoms with Gasteiger partial charge >= 0.3 is 0 Å². The van der Waals surface area contributed by atoms with Gasteiger partial charge in [0.1, 0.15) is 11.6 Å². The molecule has 2 aromatic carbocycles. The molecular weight excluding hydrogens is 448 g/mol. The second-order valence-electron chi connectivity index (χ2n) is 7.50. The number of carbonyl (C=O) groups is 1. The molecule has 4 rings (SSSR count). The number of piperidine rings is 1. The maximum absolute atomic E-state index is 14.7. The minimum absolute atomic E-state index is 0. The zero-order valence-corrected chi connectivity index (χ0v) is 17.9. The molecule has 0 radical (unpaired) electrons. The predicted octanol–water partition coefficient (Wildman–Crippen LogP) is 3.94. The number of amides is 1. The number of halogens is 5. The van der Waals surface area contributed by atoms with E-state index >= 15 is 0 Å². The molecule has 1 saturated heterocycles. The molecule has 32 heavy (non-hydrogen) atoms. The summed E-state index contributed by atoms with van der Waals surface area (Å²) in [6.45, 7) is 0.977. The molecule has 0 bridgehead atoms. The first-order valence-electron chi connectivity index (χ1n) is 9.79. The monoisotopic (exact) mass is 468 g/mol. The van der Waals surface area contributed by atoms with Crippen LogP contribution in [-0.4, -0.2) is 34.8 Å². The number of aromatic nitrogens is 2. The van der Waals surface area contributed by atoms with E-state index in [-0.39, 0.29) is 23.9 Å². The Hall–Kier alpha value is -2.91. The average Bonchev–Trinajstić information content (AvgIpc) is 3.17. The Morgan fingerprint density at radius 3 is 2.53 bits per heavy atom. The fourth-order valence-electron chi connectivity index (χ4n) is 3.95. The van der Waals surface area contributed by atoms with E-state index in [9.17, 15) is 22.4 Å². The zero-order valence-electron chi connectivity index (χ0n) is 17.0. The molecule has 3 aromatic rings. The van der Waals surface area contributed by atoms with Crippen LogP contribution in [-0.2, 0) is 7.05 Å². The molecule has 170 valence electrons. The highest BCUT2D eigenvalue weighted by Crippen LogP contribution is 2.28. The third-order valence-corrected chi connectivity index (χ3v) is 5.57. The number of aryl methyl sites for hydroxylation is 1. The highest BCUT2D eigenvalue weighted by atomic mass is 35.5. The van der Waals surface area contributed by atoms with Gasteiger partial charge in [0.15, 0.2) is 11.6 Å². The molecule has 1 aromatic heterocycles. The molecule has 1 aliphatic rings. The van der Waals surface area contributed by atoms with E-state index in [1.807, 2.05) is 0 Å². The number of nitrogens with zero attached hydrogens (tertiary/aromatic N) is 2. The fourth-order valence-corrected chi connectivity index (χ4v) is 3.95. The number of hydrogen-bond donors (Lipinski definition) is 2. The number of nitrogens with one attached hydrogen (secondary N) is 2. The SMILES string of the molecule is Cl.Cn1nccc1-c1cc(F)c(C(=O)N[C@@H]2CNCC[C@H]2c2ccc(F)c(F)c2)cc1F. The van der Waals surface area contributed by atoms with Crippen molar-refractivity contribution in [1.29, 1.82) is 0 Å². The van der Waals surface area contributed by atoms with Crippen molar-refractivity contribution in [3.8, 4) is 11.3 Å². The van der Waals surface area contributed by atoms with Crippen LogP contribution in [0.3, 0.4) is 0 Å². The smallest absolute Gasteiger partial charge is 0.254 e. The molecule has 1 amide bonds. The minimum atomic E-state index is -0.972. The van der Waals surface area contributed by atoms with Gasteiger partial charge in [-0.15, -0.1) is 12.4 Å². The molecule has 2 atom stereocenters. The molecule has 2 N–H and O–H groups in total. The van der Waals surface area contributed by atoms with Gasteiger partial charge in [-0.05, 0) is 48.9 Å². The van der Waals surface area contributed by atoms with Gasteiger partial charge in [0, 0.05) is 37.3 Å². The van der Waals surface area contributed by atoms with Crippen LogP contribution in [0.2, 0.25) is 0 Å². The van der Waals surface area contributed by atoms with E-state index in [0.717, 1.165) is 24.3 Å². The van der Waals surface area contributed by atoms with Crippen molar-refractivity contribution >= 4 is 18.3 Å². The molecule has 0 spiro atoms. The summed E-state index contributed by atoms with van der Waals surface area (Å²) in [6, 6.07) is 6.47. The van der Waals surface area contributed by atoms with E-state index in [4.69, 9.17) is 0 Å². The van der Waals surface area contributed by atoms with E-state index in [1.54, 1.807) is 7.05 Å². The van der Waals surface area contributed by atoms with Crippen LogP contribution in [0.25, 0.3) is 11.3 Å². The van der Waals surface area contributed by atoms with Gasteiger partial charge in [-0.3, -0.25) is 9.48 Å². The first-order chi connectivity index (χ1) is 14.8. The third kappa shape index (κ3) is 4.63. The highest BCUT2D eigenvalue weighted by Gasteiger charge is 2.30. The predicted molar refractivity (Wildman–Crippen MR) is 114 cm³/mol. The van der Waals surface area contributed by atoms with Crippen molar-refractivity contribution < 1.29 is 22.4 Å². The molecule has 0 aliphatic carbocycles. The van der Waals surface area contributed by atoms with Crippen molar-refractivity contribution in [2.75, 3.05) is 13.1 Å². The summed E-state index contributed by atoms with van der Waals surface area (Å²) in [4.78, 5) is 12.8. The molecule has 5 nitrogen and oxygen atoms in total. The summed E-state index contributed by atoms with van der Waals surface area (Å²) in [6.07, 6.45) is 2.02. The summed E-state index contributed by atoms with van der Waals surface area (Å²) in [5, 5.41) is 9.77. The number of rotatable bonds is 4. The Labute approximate surface area is 188 Å². The van der Waals surface area contributed by atoms with Crippen molar-refractivity contribution in [2.45, 2.75) is 18.4 Å². The van der Waals surface area contributed by atoms with Crippen LogP contribution in [0.15, 0.2) is 42.6 Å². The molecule has 2 heterocycles. The Balaban J connectivity index is 0.00000289. The lowest BCUT2D eigenvalue weighted by Crippen LogP contribution is -2.50. The van der Waals surface area contributed by atoms with Gasteiger partial charge < -0.3 is 10.6 Å². The largest absolute Gasteiger partial charge is 0.347 e. The van der Waals surface area contributed by atoms with Crippen LogP contribution in [0.5, 0.6) is 0 Å². The van der Waals surface area contributed by atoms with Gasteiger partial charge in [-0.2, -0.15) is 5.10 Å². The maximum atomic E-state index is 14.7. The molecule has 1 fully saturated rings. The Bertz CT molecular complexity index is 1140. The summed E-state index contributed by atoms with van der Waals surface area (Å²) >= 11 is 0. The molecule has 0 unspecified atom stereocenters. The van der Waals surface area contributed by atoms with Gasteiger partial charge in [0.05, 0.1) is 11.3 Å². The summed E-state index contributed by atoms with van der Waals surface area (Å²) < 4.78 is 57.8. The number of carbonyl (C=O) groups excluding carboxylic acids is 1. The van der Waals surface area contributed by atoms with E-state index in [2.05, 4.69) is 15.7 Å². The lowest BCUT2D eigenvalue weighted by Gasteiger charge is -2.33. The van der Waals surface area contributed by atoms with Crippen molar-refractivity contribution in [3.63, 3.8) is 0 Å². The second-order valence-corrected chi connectivity index (χ2v) is 7.50.